The molecule has 0 amide bonds. The molecule has 0 saturated heterocycles. The maximum atomic E-state index is 10.9. The van der Waals surface area contributed by atoms with Gasteiger partial charge in [-0.05, 0) is 37.3 Å². The molecule has 0 fully saturated rings. The predicted molar refractivity (Wildman–Crippen MR) is 68.2 cm³/mol. The van der Waals surface area contributed by atoms with Crippen molar-refractivity contribution in [2.75, 3.05) is 31.8 Å². The first-order valence-corrected chi connectivity index (χ1v) is 6.90. The van der Waals surface area contributed by atoms with Crippen molar-refractivity contribution in [3.8, 4) is 0 Å². The molecule has 0 bridgehead atoms. The zero-order valence-electron chi connectivity index (χ0n) is 10.2. The van der Waals surface area contributed by atoms with Crippen LogP contribution in [0, 0.1) is 0 Å². The monoisotopic (exact) mass is 249 g/mol. The highest BCUT2D eigenvalue weighted by molar-refractivity contribution is 7.99. The number of hydrogen-bond donors (Lipinski definition) is 2. The smallest absolute Gasteiger partial charge is 0.320 e. The Morgan fingerprint density at radius 3 is 2.81 bits per heavy atom. The van der Waals surface area contributed by atoms with Gasteiger partial charge in [-0.25, -0.2) is 0 Å². The van der Waals surface area contributed by atoms with Crippen molar-refractivity contribution >= 4 is 17.7 Å². The highest BCUT2D eigenvalue weighted by Gasteiger charge is 2.15. The van der Waals surface area contributed by atoms with Gasteiger partial charge in [0.15, 0.2) is 0 Å². The van der Waals surface area contributed by atoms with Gasteiger partial charge in [-0.3, -0.25) is 4.79 Å². The summed E-state index contributed by atoms with van der Waals surface area (Å²) in [5, 5.41) is 12.0. The fraction of sp³-hybridized carbons (Fsp3) is 0.909. The molecule has 0 aromatic rings. The third kappa shape index (κ3) is 9.00. The SMILES string of the molecule is CCCNC(CCSCCCOC)C(=O)O. The van der Waals surface area contributed by atoms with Crippen molar-refractivity contribution in [1.82, 2.24) is 5.32 Å². The molecule has 1 unspecified atom stereocenters. The van der Waals surface area contributed by atoms with Crippen LogP contribution in [0.25, 0.3) is 0 Å². The Bertz CT molecular complexity index is 179. The molecule has 96 valence electrons. The Balaban J connectivity index is 3.48. The lowest BCUT2D eigenvalue weighted by atomic mass is 10.2. The average Bonchev–Trinajstić information content (AvgIpc) is 2.26. The second-order valence-corrected chi connectivity index (χ2v) is 4.82. The molecule has 0 heterocycles. The number of hydrogen-bond acceptors (Lipinski definition) is 4. The molecule has 0 saturated carbocycles. The summed E-state index contributed by atoms with van der Waals surface area (Å²) in [6.45, 7) is 3.58. The van der Waals surface area contributed by atoms with Crippen molar-refractivity contribution in [1.29, 1.82) is 0 Å². The third-order valence-corrected chi connectivity index (χ3v) is 3.23. The van der Waals surface area contributed by atoms with E-state index < -0.39 is 12.0 Å². The molecule has 4 nitrogen and oxygen atoms in total. The first-order valence-electron chi connectivity index (χ1n) is 5.75. The van der Waals surface area contributed by atoms with Gasteiger partial charge in [0.25, 0.3) is 0 Å². The van der Waals surface area contributed by atoms with Crippen molar-refractivity contribution in [2.24, 2.45) is 0 Å². The van der Waals surface area contributed by atoms with E-state index in [0.29, 0.717) is 6.42 Å². The molecule has 5 heteroatoms. The van der Waals surface area contributed by atoms with E-state index in [1.165, 1.54) is 0 Å². The molecular formula is C11H23NO3S. The summed E-state index contributed by atoms with van der Waals surface area (Å²) in [4.78, 5) is 10.9. The van der Waals surface area contributed by atoms with Crippen molar-refractivity contribution < 1.29 is 14.6 Å². The van der Waals surface area contributed by atoms with Gasteiger partial charge in [0, 0.05) is 13.7 Å². The molecule has 0 radical (unpaired) electrons. The molecule has 2 N–H and O–H groups in total. The average molecular weight is 249 g/mol. The van der Waals surface area contributed by atoms with Crippen LogP contribution >= 0.6 is 11.8 Å². The summed E-state index contributed by atoms with van der Waals surface area (Å²) in [5.74, 6) is 1.18. The lowest BCUT2D eigenvalue weighted by Gasteiger charge is -2.13. The highest BCUT2D eigenvalue weighted by atomic mass is 32.2. The third-order valence-electron chi connectivity index (χ3n) is 2.13. The number of methoxy groups -OCH3 is 1. The van der Waals surface area contributed by atoms with E-state index in [1.807, 2.05) is 6.92 Å². The standard InChI is InChI=1S/C11H23NO3S/c1-3-6-12-10(11(13)14)5-9-16-8-4-7-15-2/h10,12H,3-9H2,1-2H3,(H,13,14). The van der Waals surface area contributed by atoms with Crippen LogP contribution in [0.3, 0.4) is 0 Å². The van der Waals surface area contributed by atoms with Crippen LogP contribution < -0.4 is 5.32 Å². The van der Waals surface area contributed by atoms with Crippen LogP contribution in [0.1, 0.15) is 26.2 Å². The van der Waals surface area contributed by atoms with Crippen LogP contribution in [0.15, 0.2) is 0 Å². The van der Waals surface area contributed by atoms with Gasteiger partial charge in [0.05, 0.1) is 0 Å². The zero-order chi connectivity index (χ0) is 12.2. The molecule has 0 aromatic heterocycles. The number of carbonyl (C=O) groups is 1. The molecule has 0 rings (SSSR count). The fourth-order valence-electron chi connectivity index (χ4n) is 1.24. The Hall–Kier alpha value is -0.260. The van der Waals surface area contributed by atoms with Crippen molar-refractivity contribution in [3.05, 3.63) is 0 Å². The Labute approximate surface area is 102 Å². The number of thioether (sulfide) groups is 1. The maximum absolute atomic E-state index is 10.9. The van der Waals surface area contributed by atoms with Crippen LogP contribution in [-0.4, -0.2) is 48.9 Å². The van der Waals surface area contributed by atoms with Gasteiger partial charge in [0.1, 0.15) is 6.04 Å². The minimum Gasteiger partial charge on any atom is -0.480 e. The van der Waals surface area contributed by atoms with Gasteiger partial charge in [0.2, 0.25) is 0 Å². The van der Waals surface area contributed by atoms with E-state index in [-0.39, 0.29) is 0 Å². The number of carboxylic acids is 1. The van der Waals surface area contributed by atoms with E-state index in [0.717, 1.165) is 37.5 Å². The molecule has 0 aliphatic heterocycles. The second kappa shape index (κ2) is 11.2. The number of ether oxygens (including phenoxy) is 1. The first-order chi connectivity index (χ1) is 7.72. The van der Waals surface area contributed by atoms with Gasteiger partial charge in [-0.1, -0.05) is 6.92 Å². The molecular weight excluding hydrogens is 226 g/mol. The van der Waals surface area contributed by atoms with E-state index >= 15 is 0 Å². The summed E-state index contributed by atoms with van der Waals surface area (Å²) in [7, 11) is 1.69. The van der Waals surface area contributed by atoms with Crippen LogP contribution in [-0.2, 0) is 9.53 Å². The summed E-state index contributed by atoms with van der Waals surface area (Å²) in [5.41, 5.74) is 0. The Morgan fingerprint density at radius 1 is 1.50 bits per heavy atom. The minimum atomic E-state index is -0.744. The lowest BCUT2D eigenvalue weighted by Crippen LogP contribution is -2.37. The van der Waals surface area contributed by atoms with Gasteiger partial charge in [-0.15, -0.1) is 0 Å². The quantitative estimate of drug-likeness (QED) is 0.545. The summed E-state index contributed by atoms with van der Waals surface area (Å²) >= 11 is 1.79. The summed E-state index contributed by atoms with van der Waals surface area (Å²) in [6, 6.07) is -0.394. The van der Waals surface area contributed by atoms with E-state index in [1.54, 1.807) is 18.9 Å². The molecule has 0 aliphatic rings. The van der Waals surface area contributed by atoms with E-state index in [9.17, 15) is 4.79 Å². The molecule has 0 spiro atoms. The number of aliphatic carboxylic acids is 1. The van der Waals surface area contributed by atoms with Crippen molar-refractivity contribution in [2.45, 2.75) is 32.2 Å². The van der Waals surface area contributed by atoms with Gasteiger partial charge < -0.3 is 15.2 Å². The number of rotatable bonds is 11. The zero-order valence-corrected chi connectivity index (χ0v) is 11.0. The number of carboxylic acid groups (broad SMARTS) is 1. The maximum Gasteiger partial charge on any atom is 0.320 e. The largest absolute Gasteiger partial charge is 0.480 e. The topological polar surface area (TPSA) is 58.6 Å². The molecule has 1 atom stereocenters. The van der Waals surface area contributed by atoms with E-state index in [2.05, 4.69) is 5.32 Å². The normalized spacial score (nSPS) is 12.6. The van der Waals surface area contributed by atoms with Gasteiger partial charge in [-0.2, -0.15) is 11.8 Å². The highest BCUT2D eigenvalue weighted by Crippen LogP contribution is 2.07. The Kier molecular flexibility index (Phi) is 11.0. The first kappa shape index (κ1) is 15.7. The molecule has 0 aromatic carbocycles. The van der Waals surface area contributed by atoms with E-state index in [4.69, 9.17) is 9.84 Å². The van der Waals surface area contributed by atoms with Crippen LogP contribution in [0.5, 0.6) is 0 Å². The predicted octanol–water partition coefficient (Wildman–Crippen LogP) is 1.60. The summed E-state index contributed by atoms with van der Waals surface area (Å²) in [6.07, 6.45) is 2.68. The lowest BCUT2D eigenvalue weighted by molar-refractivity contribution is -0.139. The fourth-order valence-corrected chi connectivity index (χ4v) is 2.17. The minimum absolute atomic E-state index is 0.394. The van der Waals surface area contributed by atoms with Crippen molar-refractivity contribution in [3.63, 3.8) is 0 Å². The van der Waals surface area contributed by atoms with Gasteiger partial charge >= 0.3 is 5.97 Å². The molecule has 16 heavy (non-hydrogen) atoms. The number of nitrogens with one attached hydrogen (secondary N) is 1. The summed E-state index contributed by atoms with van der Waals surface area (Å²) < 4.78 is 4.94. The second-order valence-electron chi connectivity index (χ2n) is 3.59. The molecule has 0 aliphatic carbocycles. The Morgan fingerprint density at radius 2 is 2.25 bits per heavy atom. The van der Waals surface area contributed by atoms with Crippen LogP contribution in [0.4, 0.5) is 0 Å². The van der Waals surface area contributed by atoms with Crippen LogP contribution in [0.2, 0.25) is 0 Å².